The van der Waals surface area contributed by atoms with E-state index in [-0.39, 0.29) is 22.4 Å². The maximum atomic E-state index is 14.7. The van der Waals surface area contributed by atoms with Crippen molar-refractivity contribution in [3.8, 4) is 5.75 Å². The fraction of sp³-hybridized carbons (Fsp3) is 0.227. The minimum Gasteiger partial charge on any atom is -0.495 e. The first-order valence-electron chi connectivity index (χ1n) is 10.1. The Labute approximate surface area is 190 Å². The van der Waals surface area contributed by atoms with E-state index in [1.165, 1.54) is 19.2 Å². The minimum absolute atomic E-state index is 0.0374. The summed E-state index contributed by atoms with van der Waals surface area (Å²) in [6, 6.07) is 10.0. The van der Waals surface area contributed by atoms with E-state index in [1.807, 2.05) is 25.1 Å². The van der Waals surface area contributed by atoms with Gasteiger partial charge >= 0.3 is 0 Å². The lowest BCUT2D eigenvalue weighted by Crippen LogP contribution is -2.14. The molecule has 0 unspecified atom stereocenters. The Morgan fingerprint density at radius 1 is 1.21 bits per heavy atom. The quantitative estimate of drug-likeness (QED) is 0.415. The average molecular weight is 471 g/mol. The van der Waals surface area contributed by atoms with Gasteiger partial charge in [0.25, 0.3) is 0 Å². The summed E-state index contributed by atoms with van der Waals surface area (Å²) in [6.45, 7) is 3.50. The van der Waals surface area contributed by atoms with Gasteiger partial charge < -0.3 is 15.0 Å². The number of anilines is 4. The molecule has 0 bridgehead atoms. The number of fused-ring (bicyclic) bond motifs is 1. The smallest absolute Gasteiger partial charge is 0.229 e. The van der Waals surface area contributed by atoms with E-state index in [2.05, 4.69) is 25.5 Å². The number of nitrogens with zero attached hydrogens (tertiary/aromatic N) is 4. The Balaban J connectivity index is 1.69. The Bertz CT molecular complexity index is 1440. The van der Waals surface area contributed by atoms with Crippen molar-refractivity contribution in [2.45, 2.75) is 18.7 Å². The van der Waals surface area contributed by atoms with Crippen molar-refractivity contribution >= 4 is 43.9 Å². The molecular formula is C22H23FN6O3S. The topological polar surface area (TPSA) is 113 Å². The highest BCUT2D eigenvalue weighted by molar-refractivity contribution is 7.91. The van der Waals surface area contributed by atoms with E-state index < -0.39 is 15.7 Å². The second-order valence-electron chi connectivity index (χ2n) is 7.36. The van der Waals surface area contributed by atoms with Crippen molar-refractivity contribution < 1.29 is 17.5 Å². The van der Waals surface area contributed by atoms with Gasteiger partial charge in [0, 0.05) is 23.8 Å². The first kappa shape index (κ1) is 22.5. The van der Waals surface area contributed by atoms with Crippen LogP contribution in [-0.2, 0) is 9.84 Å². The molecular weight excluding hydrogens is 447 g/mol. The van der Waals surface area contributed by atoms with E-state index in [0.29, 0.717) is 17.1 Å². The van der Waals surface area contributed by atoms with Crippen LogP contribution in [0.3, 0.4) is 0 Å². The monoisotopic (exact) mass is 470 g/mol. The summed E-state index contributed by atoms with van der Waals surface area (Å²) in [7, 11) is -0.282. The molecule has 0 aliphatic heterocycles. The molecule has 2 heterocycles. The molecule has 0 aliphatic rings. The molecule has 0 aliphatic carbocycles. The third-order valence-corrected chi connectivity index (χ3v) is 7.05. The number of benzene rings is 2. The number of ether oxygens (including phenoxy) is 1. The van der Waals surface area contributed by atoms with Gasteiger partial charge in [0.15, 0.2) is 21.5 Å². The number of hydrogen-bond acceptors (Lipinski definition) is 8. The highest BCUT2D eigenvalue weighted by Gasteiger charge is 2.18. The van der Waals surface area contributed by atoms with Crippen LogP contribution in [0.4, 0.5) is 27.5 Å². The SMILES string of the molecule is CCS(=O)(=O)c1ccc(OC)c(Nc2ncc(F)c(N(C)c3ccc4c(C)[nH]nc4c3)n2)c1. The largest absolute Gasteiger partial charge is 0.495 e. The fourth-order valence-corrected chi connectivity index (χ4v) is 4.29. The van der Waals surface area contributed by atoms with Crippen molar-refractivity contribution in [2.24, 2.45) is 0 Å². The molecule has 0 fully saturated rings. The summed E-state index contributed by atoms with van der Waals surface area (Å²) in [4.78, 5) is 10.0. The van der Waals surface area contributed by atoms with E-state index in [4.69, 9.17) is 4.74 Å². The molecule has 0 spiro atoms. The molecule has 2 aromatic carbocycles. The molecule has 33 heavy (non-hydrogen) atoms. The van der Waals surface area contributed by atoms with E-state index in [0.717, 1.165) is 22.8 Å². The molecule has 2 aromatic heterocycles. The van der Waals surface area contributed by atoms with Gasteiger partial charge in [-0.25, -0.2) is 17.8 Å². The molecule has 0 saturated carbocycles. The van der Waals surface area contributed by atoms with Crippen molar-refractivity contribution in [3.63, 3.8) is 0 Å². The number of aromatic amines is 1. The van der Waals surface area contributed by atoms with Gasteiger partial charge in [-0.15, -0.1) is 0 Å². The summed E-state index contributed by atoms with van der Waals surface area (Å²) in [5.74, 6) is -0.141. The van der Waals surface area contributed by atoms with Crippen LogP contribution in [0.1, 0.15) is 12.6 Å². The standard InChI is InChI=1S/C22H23FN6O3S/c1-5-33(30,31)15-7-9-20(32-4)19(11-15)25-22-24-12-17(23)21(26-22)29(3)14-6-8-16-13(2)27-28-18(16)10-14/h6-12H,5H2,1-4H3,(H,27,28)(H,24,25,26). The van der Waals surface area contributed by atoms with E-state index in [9.17, 15) is 12.8 Å². The molecule has 0 saturated heterocycles. The first-order valence-corrected chi connectivity index (χ1v) is 11.8. The van der Waals surface area contributed by atoms with Gasteiger partial charge in [0.05, 0.1) is 35.2 Å². The van der Waals surface area contributed by atoms with Crippen LogP contribution in [0, 0.1) is 12.7 Å². The van der Waals surface area contributed by atoms with Crippen LogP contribution >= 0.6 is 0 Å². The third-order valence-electron chi connectivity index (χ3n) is 5.32. The highest BCUT2D eigenvalue weighted by atomic mass is 32.2. The van der Waals surface area contributed by atoms with Crippen LogP contribution in [0.25, 0.3) is 10.9 Å². The van der Waals surface area contributed by atoms with Crippen molar-refractivity contribution in [2.75, 3.05) is 30.1 Å². The van der Waals surface area contributed by atoms with Gasteiger partial charge in [-0.1, -0.05) is 6.92 Å². The van der Waals surface area contributed by atoms with Crippen molar-refractivity contribution in [1.29, 1.82) is 0 Å². The zero-order valence-corrected chi connectivity index (χ0v) is 19.4. The van der Waals surface area contributed by atoms with E-state index in [1.54, 1.807) is 24.9 Å². The average Bonchev–Trinajstić information content (AvgIpc) is 3.19. The minimum atomic E-state index is -3.43. The molecule has 0 radical (unpaired) electrons. The molecule has 4 aromatic rings. The summed E-state index contributed by atoms with van der Waals surface area (Å²) in [5, 5.41) is 11.1. The first-order chi connectivity index (χ1) is 15.7. The summed E-state index contributed by atoms with van der Waals surface area (Å²) in [5.41, 5.74) is 2.73. The van der Waals surface area contributed by atoms with Gasteiger partial charge in [0.1, 0.15) is 5.75 Å². The summed E-state index contributed by atoms with van der Waals surface area (Å²) in [6.07, 6.45) is 1.05. The number of halogens is 1. The highest BCUT2D eigenvalue weighted by Crippen LogP contribution is 2.32. The Kier molecular flexibility index (Phi) is 5.90. The Hall–Kier alpha value is -3.73. The Morgan fingerprint density at radius 2 is 2.00 bits per heavy atom. The summed E-state index contributed by atoms with van der Waals surface area (Å²) < 4.78 is 44.5. The molecule has 0 amide bonds. The predicted molar refractivity (Wildman–Crippen MR) is 125 cm³/mol. The van der Waals surface area contributed by atoms with Gasteiger partial charge in [-0.3, -0.25) is 5.10 Å². The zero-order chi connectivity index (χ0) is 23.8. The van der Waals surface area contributed by atoms with E-state index >= 15 is 0 Å². The van der Waals surface area contributed by atoms with Gasteiger partial charge in [0.2, 0.25) is 5.95 Å². The number of H-pyrrole nitrogens is 1. The molecule has 4 rings (SSSR count). The number of nitrogens with one attached hydrogen (secondary N) is 2. The Morgan fingerprint density at radius 3 is 2.73 bits per heavy atom. The van der Waals surface area contributed by atoms with Crippen LogP contribution < -0.4 is 15.0 Å². The maximum Gasteiger partial charge on any atom is 0.229 e. The third kappa shape index (κ3) is 4.31. The lowest BCUT2D eigenvalue weighted by Gasteiger charge is -2.20. The molecule has 172 valence electrons. The maximum absolute atomic E-state index is 14.7. The van der Waals surface area contributed by atoms with Crippen LogP contribution in [0.15, 0.2) is 47.5 Å². The van der Waals surface area contributed by atoms with Crippen LogP contribution in [0.2, 0.25) is 0 Å². The fourth-order valence-electron chi connectivity index (χ4n) is 3.38. The van der Waals surface area contributed by atoms with Crippen LogP contribution in [-0.4, -0.2) is 48.5 Å². The predicted octanol–water partition coefficient (Wildman–Crippen LogP) is 4.11. The number of sulfone groups is 1. The molecule has 0 atom stereocenters. The molecule has 2 N–H and O–H groups in total. The van der Waals surface area contributed by atoms with Gasteiger partial charge in [-0.2, -0.15) is 10.1 Å². The zero-order valence-electron chi connectivity index (χ0n) is 18.5. The number of rotatable bonds is 7. The number of methoxy groups -OCH3 is 1. The number of aryl methyl sites for hydroxylation is 1. The normalized spacial score (nSPS) is 11.5. The van der Waals surface area contributed by atoms with Crippen LogP contribution in [0.5, 0.6) is 5.75 Å². The summed E-state index contributed by atoms with van der Waals surface area (Å²) >= 11 is 0. The lowest BCUT2D eigenvalue weighted by molar-refractivity contribution is 0.416. The second kappa shape index (κ2) is 8.66. The molecule has 9 nitrogen and oxygen atoms in total. The number of hydrogen-bond donors (Lipinski definition) is 2. The number of aromatic nitrogens is 4. The van der Waals surface area contributed by atoms with Gasteiger partial charge in [-0.05, 0) is 43.3 Å². The van der Waals surface area contributed by atoms with Crippen molar-refractivity contribution in [3.05, 3.63) is 54.1 Å². The lowest BCUT2D eigenvalue weighted by atomic mass is 10.2. The van der Waals surface area contributed by atoms with Crippen molar-refractivity contribution in [1.82, 2.24) is 20.2 Å². The molecule has 11 heteroatoms. The second-order valence-corrected chi connectivity index (χ2v) is 9.64.